The van der Waals surface area contributed by atoms with Crippen LogP contribution in [0, 0.1) is 11.7 Å². The highest BCUT2D eigenvalue weighted by atomic mass is 35.5. The van der Waals surface area contributed by atoms with Gasteiger partial charge in [-0.05, 0) is 49.1 Å². The zero-order chi connectivity index (χ0) is 15.8. The molecule has 4 rings (SSSR count). The van der Waals surface area contributed by atoms with E-state index in [1.54, 1.807) is 12.1 Å². The van der Waals surface area contributed by atoms with E-state index in [2.05, 4.69) is 4.90 Å². The number of rotatable bonds is 3. The molecule has 2 aromatic carbocycles. The number of anilines is 1. The molecule has 0 saturated heterocycles. The van der Waals surface area contributed by atoms with Gasteiger partial charge in [0.05, 0.1) is 12.3 Å². The molecule has 118 valence electrons. The highest BCUT2D eigenvalue weighted by Gasteiger charge is 2.28. The van der Waals surface area contributed by atoms with Crippen molar-refractivity contribution in [1.82, 2.24) is 0 Å². The van der Waals surface area contributed by atoms with Gasteiger partial charge in [-0.1, -0.05) is 23.7 Å². The Morgan fingerprint density at radius 3 is 2.74 bits per heavy atom. The van der Waals surface area contributed by atoms with E-state index in [4.69, 9.17) is 16.6 Å². The lowest BCUT2D eigenvalue weighted by molar-refractivity contribution is 0.625. The van der Waals surface area contributed by atoms with Crippen molar-refractivity contribution in [3.05, 3.63) is 64.4 Å². The van der Waals surface area contributed by atoms with Crippen LogP contribution in [0.2, 0.25) is 5.02 Å². The summed E-state index contributed by atoms with van der Waals surface area (Å²) in [6, 6.07) is 12.7. The number of hydrogen-bond donors (Lipinski definition) is 0. The van der Waals surface area contributed by atoms with Crippen LogP contribution >= 0.6 is 11.6 Å². The average molecular weight is 329 g/mol. The fraction of sp³-hybridized carbons (Fsp3) is 0.316. The topological polar surface area (TPSA) is 15.6 Å². The highest BCUT2D eigenvalue weighted by molar-refractivity contribution is 6.31. The standard InChI is InChI=1S/C19H18ClFN2/c20-14-7-8-18-16(11-14)19(15-3-1-2-4-17(15)21)22-9-10-23(18)12-13-5-6-13/h1-4,7-8,11,13H,5-6,9-10,12H2. The quantitative estimate of drug-likeness (QED) is 0.807. The van der Waals surface area contributed by atoms with E-state index in [0.29, 0.717) is 22.8 Å². The summed E-state index contributed by atoms with van der Waals surface area (Å²) in [5.74, 6) is 0.543. The summed E-state index contributed by atoms with van der Waals surface area (Å²) in [4.78, 5) is 7.07. The van der Waals surface area contributed by atoms with Crippen LogP contribution in [0.15, 0.2) is 47.5 Å². The maximum Gasteiger partial charge on any atom is 0.132 e. The van der Waals surface area contributed by atoms with E-state index in [1.807, 2.05) is 24.3 Å². The maximum atomic E-state index is 14.3. The van der Waals surface area contributed by atoms with Gasteiger partial charge in [0, 0.05) is 34.9 Å². The van der Waals surface area contributed by atoms with E-state index in [-0.39, 0.29) is 5.82 Å². The molecule has 1 aliphatic carbocycles. The maximum absolute atomic E-state index is 14.3. The summed E-state index contributed by atoms with van der Waals surface area (Å²) < 4.78 is 14.3. The molecule has 0 amide bonds. The summed E-state index contributed by atoms with van der Waals surface area (Å²) in [5, 5.41) is 0.654. The Kier molecular flexibility index (Phi) is 3.82. The molecule has 23 heavy (non-hydrogen) atoms. The predicted molar refractivity (Wildman–Crippen MR) is 93.3 cm³/mol. The molecule has 0 radical (unpaired) electrons. The van der Waals surface area contributed by atoms with E-state index < -0.39 is 0 Å². The van der Waals surface area contributed by atoms with Gasteiger partial charge in [0.2, 0.25) is 0 Å². The van der Waals surface area contributed by atoms with Crippen molar-refractivity contribution < 1.29 is 4.39 Å². The van der Waals surface area contributed by atoms with Crippen molar-refractivity contribution in [1.29, 1.82) is 0 Å². The van der Waals surface area contributed by atoms with Crippen LogP contribution < -0.4 is 4.90 Å². The second-order valence-electron chi connectivity index (χ2n) is 6.26. The minimum atomic E-state index is -0.243. The molecule has 2 nitrogen and oxygen atoms in total. The molecule has 1 fully saturated rings. The molecule has 0 atom stereocenters. The molecule has 0 spiro atoms. The smallest absolute Gasteiger partial charge is 0.132 e. The van der Waals surface area contributed by atoms with Gasteiger partial charge in [-0.3, -0.25) is 4.99 Å². The lowest BCUT2D eigenvalue weighted by Crippen LogP contribution is -2.28. The average Bonchev–Trinajstić information content (AvgIpc) is 3.36. The lowest BCUT2D eigenvalue weighted by atomic mass is 9.99. The minimum absolute atomic E-state index is 0.243. The summed E-state index contributed by atoms with van der Waals surface area (Å²) in [7, 11) is 0. The Bertz CT molecular complexity index is 768. The van der Waals surface area contributed by atoms with Crippen LogP contribution in [-0.2, 0) is 0 Å². The van der Waals surface area contributed by atoms with Crippen molar-refractivity contribution in [3.63, 3.8) is 0 Å². The number of benzodiazepines with no additional fused rings is 1. The lowest BCUT2D eigenvalue weighted by Gasteiger charge is -2.25. The van der Waals surface area contributed by atoms with Gasteiger partial charge >= 0.3 is 0 Å². The van der Waals surface area contributed by atoms with Gasteiger partial charge in [-0.25, -0.2) is 4.39 Å². The minimum Gasteiger partial charge on any atom is -0.369 e. The Balaban J connectivity index is 1.82. The summed E-state index contributed by atoms with van der Waals surface area (Å²) >= 11 is 6.22. The number of benzene rings is 2. The van der Waals surface area contributed by atoms with E-state index >= 15 is 0 Å². The summed E-state index contributed by atoms with van der Waals surface area (Å²) in [6.07, 6.45) is 2.61. The zero-order valence-corrected chi connectivity index (χ0v) is 13.6. The van der Waals surface area contributed by atoms with Crippen molar-refractivity contribution in [2.45, 2.75) is 12.8 Å². The Morgan fingerprint density at radius 1 is 1.13 bits per heavy atom. The third-order valence-corrected chi connectivity index (χ3v) is 4.73. The van der Waals surface area contributed by atoms with Gasteiger partial charge in [0.1, 0.15) is 5.82 Å². The van der Waals surface area contributed by atoms with Gasteiger partial charge in [0.25, 0.3) is 0 Å². The normalized spacial score (nSPS) is 17.5. The number of halogens is 2. The monoisotopic (exact) mass is 328 g/mol. The van der Waals surface area contributed by atoms with Crippen LogP contribution in [0.4, 0.5) is 10.1 Å². The fourth-order valence-electron chi connectivity index (χ4n) is 3.15. The van der Waals surface area contributed by atoms with Crippen molar-refractivity contribution in [3.8, 4) is 0 Å². The van der Waals surface area contributed by atoms with Crippen molar-refractivity contribution in [2.75, 3.05) is 24.5 Å². The fourth-order valence-corrected chi connectivity index (χ4v) is 3.32. The van der Waals surface area contributed by atoms with E-state index in [9.17, 15) is 4.39 Å². The molecule has 2 aromatic rings. The zero-order valence-electron chi connectivity index (χ0n) is 12.8. The molecule has 0 unspecified atom stereocenters. The second-order valence-corrected chi connectivity index (χ2v) is 6.70. The molecule has 0 N–H and O–H groups in total. The first kappa shape index (κ1) is 14.7. The number of fused-ring (bicyclic) bond motifs is 1. The first-order valence-electron chi connectivity index (χ1n) is 8.06. The summed E-state index contributed by atoms with van der Waals surface area (Å²) in [6.45, 7) is 2.58. The third-order valence-electron chi connectivity index (χ3n) is 4.50. The molecule has 1 heterocycles. The Morgan fingerprint density at radius 2 is 1.96 bits per heavy atom. The molecular formula is C19H18ClFN2. The van der Waals surface area contributed by atoms with Crippen LogP contribution in [-0.4, -0.2) is 25.3 Å². The van der Waals surface area contributed by atoms with Gasteiger partial charge < -0.3 is 4.90 Å². The van der Waals surface area contributed by atoms with E-state index in [0.717, 1.165) is 30.3 Å². The molecular weight excluding hydrogens is 311 g/mol. The van der Waals surface area contributed by atoms with Gasteiger partial charge in [0.15, 0.2) is 0 Å². The van der Waals surface area contributed by atoms with Crippen LogP contribution in [0.5, 0.6) is 0 Å². The van der Waals surface area contributed by atoms with E-state index in [1.165, 1.54) is 18.9 Å². The Hall–Kier alpha value is -1.87. The second kappa shape index (κ2) is 5.97. The molecule has 0 aromatic heterocycles. The first-order valence-corrected chi connectivity index (χ1v) is 8.44. The van der Waals surface area contributed by atoms with Crippen LogP contribution in [0.3, 0.4) is 0 Å². The molecule has 0 bridgehead atoms. The van der Waals surface area contributed by atoms with Crippen LogP contribution in [0.1, 0.15) is 24.0 Å². The van der Waals surface area contributed by atoms with Crippen molar-refractivity contribution >= 4 is 23.0 Å². The number of hydrogen-bond acceptors (Lipinski definition) is 2. The van der Waals surface area contributed by atoms with Crippen molar-refractivity contribution in [2.24, 2.45) is 10.9 Å². The molecule has 1 saturated carbocycles. The van der Waals surface area contributed by atoms with Gasteiger partial charge in [-0.15, -0.1) is 0 Å². The predicted octanol–water partition coefficient (Wildman–Crippen LogP) is 4.55. The largest absolute Gasteiger partial charge is 0.369 e. The SMILES string of the molecule is Fc1ccccc1C1=NCCN(CC2CC2)c2ccc(Cl)cc21. The number of nitrogens with zero attached hydrogens (tertiary/aromatic N) is 2. The third kappa shape index (κ3) is 2.98. The summed E-state index contributed by atoms with van der Waals surface area (Å²) in [5.41, 5.74) is 3.30. The van der Waals surface area contributed by atoms with Crippen LogP contribution in [0.25, 0.3) is 0 Å². The Labute approximate surface area is 140 Å². The first-order chi connectivity index (χ1) is 11.2. The molecule has 4 heteroatoms. The van der Waals surface area contributed by atoms with Gasteiger partial charge in [-0.2, -0.15) is 0 Å². The molecule has 2 aliphatic rings. The number of aliphatic imine (C=N–C) groups is 1. The highest BCUT2D eigenvalue weighted by Crippen LogP contribution is 2.35. The molecule has 1 aliphatic heterocycles.